The Balaban J connectivity index is 2.45. The normalized spacial score (nSPS) is 30.5. The van der Waals surface area contributed by atoms with E-state index >= 15 is 0 Å². The van der Waals surface area contributed by atoms with Gasteiger partial charge in [0.25, 0.3) is 0 Å². The zero-order chi connectivity index (χ0) is 10.8. The van der Waals surface area contributed by atoms with Crippen molar-refractivity contribution >= 4 is 5.91 Å². The SMILES string of the molecule is CC1(C(N)=O)CCN(CC(O)CN)C1. The second-order valence-corrected chi connectivity index (χ2v) is 4.30. The van der Waals surface area contributed by atoms with E-state index in [0.717, 1.165) is 13.0 Å². The molecule has 0 aliphatic carbocycles. The van der Waals surface area contributed by atoms with Crippen molar-refractivity contribution < 1.29 is 9.90 Å². The van der Waals surface area contributed by atoms with Crippen molar-refractivity contribution in [2.24, 2.45) is 16.9 Å². The van der Waals surface area contributed by atoms with Gasteiger partial charge in [0.15, 0.2) is 0 Å². The van der Waals surface area contributed by atoms with E-state index in [-0.39, 0.29) is 12.5 Å². The van der Waals surface area contributed by atoms with Crippen LogP contribution >= 0.6 is 0 Å². The van der Waals surface area contributed by atoms with Crippen molar-refractivity contribution in [3.63, 3.8) is 0 Å². The van der Waals surface area contributed by atoms with Crippen LogP contribution in [0.4, 0.5) is 0 Å². The molecule has 5 N–H and O–H groups in total. The van der Waals surface area contributed by atoms with E-state index < -0.39 is 11.5 Å². The van der Waals surface area contributed by atoms with Crippen LogP contribution in [0.5, 0.6) is 0 Å². The van der Waals surface area contributed by atoms with Crippen LogP contribution < -0.4 is 11.5 Å². The number of rotatable bonds is 4. The van der Waals surface area contributed by atoms with E-state index in [9.17, 15) is 9.90 Å². The van der Waals surface area contributed by atoms with E-state index in [2.05, 4.69) is 0 Å². The Morgan fingerprint density at radius 2 is 2.36 bits per heavy atom. The van der Waals surface area contributed by atoms with Crippen molar-refractivity contribution in [3.05, 3.63) is 0 Å². The molecule has 0 aromatic rings. The van der Waals surface area contributed by atoms with Crippen molar-refractivity contribution in [1.82, 2.24) is 4.90 Å². The lowest BCUT2D eigenvalue weighted by atomic mass is 9.89. The summed E-state index contributed by atoms with van der Waals surface area (Å²) in [6.45, 7) is 4.07. The Morgan fingerprint density at radius 3 is 2.79 bits per heavy atom. The molecule has 1 aliphatic rings. The van der Waals surface area contributed by atoms with Gasteiger partial charge in [-0.3, -0.25) is 9.69 Å². The first-order valence-corrected chi connectivity index (χ1v) is 4.88. The molecule has 1 rings (SSSR count). The number of hydrogen-bond donors (Lipinski definition) is 3. The Labute approximate surface area is 84.0 Å². The molecule has 1 amide bonds. The van der Waals surface area contributed by atoms with Gasteiger partial charge in [0.1, 0.15) is 0 Å². The molecule has 2 atom stereocenters. The maximum Gasteiger partial charge on any atom is 0.224 e. The van der Waals surface area contributed by atoms with Gasteiger partial charge in [-0.2, -0.15) is 0 Å². The topological polar surface area (TPSA) is 92.6 Å². The van der Waals surface area contributed by atoms with E-state index in [1.54, 1.807) is 0 Å². The fourth-order valence-corrected chi connectivity index (χ4v) is 1.79. The molecule has 14 heavy (non-hydrogen) atoms. The minimum atomic E-state index is -0.509. The summed E-state index contributed by atoms with van der Waals surface area (Å²) in [5.74, 6) is -0.262. The van der Waals surface area contributed by atoms with Crippen LogP contribution in [0.3, 0.4) is 0 Å². The van der Waals surface area contributed by atoms with E-state index in [1.165, 1.54) is 0 Å². The first-order valence-electron chi connectivity index (χ1n) is 4.88. The third-order valence-corrected chi connectivity index (χ3v) is 2.89. The number of primary amides is 1. The van der Waals surface area contributed by atoms with Crippen LogP contribution in [-0.4, -0.2) is 48.2 Å². The van der Waals surface area contributed by atoms with Gasteiger partial charge in [-0.25, -0.2) is 0 Å². The Hall–Kier alpha value is -0.650. The number of carbonyl (C=O) groups is 1. The van der Waals surface area contributed by atoms with Crippen molar-refractivity contribution in [2.75, 3.05) is 26.2 Å². The molecule has 0 spiro atoms. The summed E-state index contributed by atoms with van der Waals surface area (Å²) >= 11 is 0. The van der Waals surface area contributed by atoms with Gasteiger partial charge in [-0.15, -0.1) is 0 Å². The lowest BCUT2D eigenvalue weighted by Gasteiger charge is -2.22. The van der Waals surface area contributed by atoms with Crippen LogP contribution in [0.25, 0.3) is 0 Å². The number of amides is 1. The van der Waals surface area contributed by atoms with Gasteiger partial charge in [0.05, 0.1) is 11.5 Å². The van der Waals surface area contributed by atoms with Gasteiger partial charge in [-0.1, -0.05) is 0 Å². The molecule has 0 radical (unpaired) electrons. The average Bonchev–Trinajstić information content (AvgIpc) is 2.49. The first kappa shape index (κ1) is 11.4. The summed E-state index contributed by atoms with van der Waals surface area (Å²) in [5, 5.41) is 9.34. The molecule has 2 unspecified atom stereocenters. The molecular formula is C9H19N3O2. The predicted molar refractivity (Wildman–Crippen MR) is 53.4 cm³/mol. The van der Waals surface area contributed by atoms with Crippen LogP contribution in [-0.2, 0) is 4.79 Å². The number of aliphatic hydroxyl groups excluding tert-OH is 1. The summed E-state index contributed by atoms with van der Waals surface area (Å²) in [7, 11) is 0. The fourth-order valence-electron chi connectivity index (χ4n) is 1.79. The Kier molecular flexibility index (Phi) is 3.47. The zero-order valence-corrected chi connectivity index (χ0v) is 8.57. The lowest BCUT2D eigenvalue weighted by Crippen LogP contribution is -2.40. The molecule has 0 aromatic heterocycles. The summed E-state index contributed by atoms with van der Waals surface area (Å²) in [6, 6.07) is 0. The van der Waals surface area contributed by atoms with Gasteiger partial charge >= 0.3 is 0 Å². The smallest absolute Gasteiger partial charge is 0.224 e. The van der Waals surface area contributed by atoms with Crippen molar-refractivity contribution in [2.45, 2.75) is 19.4 Å². The summed E-state index contributed by atoms with van der Waals surface area (Å²) in [5.41, 5.74) is 10.2. The minimum Gasteiger partial charge on any atom is -0.390 e. The monoisotopic (exact) mass is 201 g/mol. The van der Waals surface area contributed by atoms with Gasteiger partial charge in [-0.05, 0) is 19.9 Å². The Morgan fingerprint density at radius 1 is 1.71 bits per heavy atom. The number of hydrogen-bond acceptors (Lipinski definition) is 4. The van der Waals surface area contributed by atoms with Gasteiger partial charge < -0.3 is 16.6 Å². The summed E-state index contributed by atoms with van der Waals surface area (Å²) in [6.07, 6.45) is 0.254. The molecule has 5 heteroatoms. The predicted octanol–water partition coefficient (Wildman–Crippen LogP) is -1.50. The first-order chi connectivity index (χ1) is 6.48. The number of nitrogens with zero attached hydrogens (tertiary/aromatic N) is 1. The summed E-state index contributed by atoms with van der Waals surface area (Å²) < 4.78 is 0. The minimum absolute atomic E-state index is 0.254. The molecule has 0 aromatic carbocycles. The number of carbonyl (C=O) groups excluding carboxylic acids is 1. The fraction of sp³-hybridized carbons (Fsp3) is 0.889. The quantitative estimate of drug-likeness (QED) is 0.516. The molecule has 0 bridgehead atoms. The largest absolute Gasteiger partial charge is 0.390 e. The second-order valence-electron chi connectivity index (χ2n) is 4.30. The van der Waals surface area contributed by atoms with E-state index in [1.807, 2.05) is 11.8 Å². The lowest BCUT2D eigenvalue weighted by molar-refractivity contribution is -0.126. The highest BCUT2D eigenvalue weighted by Crippen LogP contribution is 2.29. The number of nitrogens with two attached hydrogens (primary N) is 2. The highest BCUT2D eigenvalue weighted by molar-refractivity contribution is 5.81. The highest BCUT2D eigenvalue weighted by atomic mass is 16.3. The molecule has 1 aliphatic heterocycles. The third kappa shape index (κ3) is 2.43. The number of likely N-dealkylation sites (tertiary alicyclic amines) is 1. The maximum absolute atomic E-state index is 11.1. The molecule has 1 heterocycles. The van der Waals surface area contributed by atoms with Crippen LogP contribution in [0.1, 0.15) is 13.3 Å². The molecule has 1 fully saturated rings. The Bertz CT molecular complexity index is 222. The maximum atomic E-state index is 11.1. The third-order valence-electron chi connectivity index (χ3n) is 2.89. The number of β-amino-alcohol motifs (C(OH)–C–C–N with tert-alkyl or cyclic N) is 1. The second kappa shape index (κ2) is 4.25. The molecule has 0 saturated carbocycles. The molecule has 82 valence electrons. The van der Waals surface area contributed by atoms with Gasteiger partial charge in [0.2, 0.25) is 5.91 Å². The van der Waals surface area contributed by atoms with Gasteiger partial charge in [0, 0.05) is 19.6 Å². The highest BCUT2D eigenvalue weighted by Gasteiger charge is 2.38. The van der Waals surface area contributed by atoms with Crippen molar-refractivity contribution in [3.8, 4) is 0 Å². The zero-order valence-electron chi connectivity index (χ0n) is 8.57. The van der Waals surface area contributed by atoms with Crippen molar-refractivity contribution in [1.29, 1.82) is 0 Å². The van der Waals surface area contributed by atoms with Crippen LogP contribution in [0, 0.1) is 5.41 Å². The van der Waals surface area contributed by atoms with Crippen LogP contribution in [0.2, 0.25) is 0 Å². The standard InChI is InChI=1S/C9H19N3O2/c1-9(8(11)14)2-3-12(6-9)5-7(13)4-10/h7,13H,2-6,10H2,1H3,(H2,11,14). The number of aliphatic hydroxyl groups is 1. The molecule has 5 nitrogen and oxygen atoms in total. The molecule has 1 saturated heterocycles. The van der Waals surface area contributed by atoms with E-state index in [0.29, 0.717) is 13.1 Å². The van der Waals surface area contributed by atoms with Crippen LogP contribution in [0.15, 0.2) is 0 Å². The molecular weight excluding hydrogens is 182 g/mol. The summed E-state index contributed by atoms with van der Waals surface area (Å²) in [4.78, 5) is 13.2. The average molecular weight is 201 g/mol. The van der Waals surface area contributed by atoms with E-state index in [4.69, 9.17) is 11.5 Å².